The van der Waals surface area contributed by atoms with E-state index in [4.69, 9.17) is 4.74 Å². The van der Waals surface area contributed by atoms with Crippen LogP contribution >= 0.6 is 0 Å². The van der Waals surface area contributed by atoms with Crippen LogP contribution in [0.15, 0.2) is 36.7 Å². The normalized spacial score (nSPS) is 20.2. The number of nitrogens with zero attached hydrogens (tertiary/aromatic N) is 5. The molecular weight excluding hydrogens is 433 g/mol. The van der Waals surface area contributed by atoms with Gasteiger partial charge < -0.3 is 15.0 Å². The van der Waals surface area contributed by atoms with Gasteiger partial charge in [-0.1, -0.05) is 18.2 Å². The Labute approximate surface area is 189 Å². The SMILES string of the molecule is C[C@@H](Nc1cnnc2ncc(N3CCN4CCOC[C@@H]4C3)cc12)c1cccc(C(F)F)c1F. The average Bonchev–Trinajstić information content (AvgIpc) is 2.83. The van der Waals surface area contributed by atoms with E-state index < -0.39 is 23.8 Å². The van der Waals surface area contributed by atoms with E-state index in [1.54, 1.807) is 19.3 Å². The van der Waals surface area contributed by atoms with Gasteiger partial charge in [0.15, 0.2) is 5.65 Å². The first-order valence-electron chi connectivity index (χ1n) is 11.0. The Bertz CT molecular complexity index is 1150. The molecule has 174 valence electrons. The number of ether oxygens (including phenoxy) is 1. The number of anilines is 2. The lowest BCUT2D eigenvalue weighted by Crippen LogP contribution is -2.58. The summed E-state index contributed by atoms with van der Waals surface area (Å²) in [6.45, 7) is 6.86. The molecule has 3 aromatic rings. The lowest BCUT2D eigenvalue weighted by molar-refractivity contribution is -0.0116. The van der Waals surface area contributed by atoms with Crippen molar-refractivity contribution in [3.63, 3.8) is 0 Å². The van der Waals surface area contributed by atoms with Crippen molar-refractivity contribution in [1.29, 1.82) is 0 Å². The van der Waals surface area contributed by atoms with Crippen LogP contribution in [0.2, 0.25) is 0 Å². The molecule has 0 unspecified atom stereocenters. The Kier molecular flexibility index (Phi) is 6.03. The third-order valence-electron chi connectivity index (χ3n) is 6.42. The minimum Gasteiger partial charge on any atom is -0.378 e. The van der Waals surface area contributed by atoms with Crippen molar-refractivity contribution in [3.8, 4) is 0 Å². The second-order valence-corrected chi connectivity index (χ2v) is 8.45. The van der Waals surface area contributed by atoms with Crippen molar-refractivity contribution in [3.05, 3.63) is 53.6 Å². The van der Waals surface area contributed by atoms with Gasteiger partial charge in [0.1, 0.15) is 5.82 Å². The zero-order chi connectivity index (χ0) is 22.9. The highest BCUT2D eigenvalue weighted by molar-refractivity contribution is 5.90. The number of alkyl halides is 2. The van der Waals surface area contributed by atoms with E-state index in [0.29, 0.717) is 17.4 Å². The van der Waals surface area contributed by atoms with E-state index in [1.807, 2.05) is 6.07 Å². The lowest BCUT2D eigenvalue weighted by atomic mass is 10.0. The van der Waals surface area contributed by atoms with Gasteiger partial charge in [0, 0.05) is 37.1 Å². The Morgan fingerprint density at radius 3 is 2.85 bits per heavy atom. The Hall–Kier alpha value is -2.98. The molecule has 2 atom stereocenters. The van der Waals surface area contributed by atoms with Gasteiger partial charge in [0.2, 0.25) is 0 Å². The van der Waals surface area contributed by atoms with Gasteiger partial charge in [0.25, 0.3) is 6.43 Å². The van der Waals surface area contributed by atoms with E-state index in [9.17, 15) is 13.2 Å². The van der Waals surface area contributed by atoms with Crippen LogP contribution in [-0.2, 0) is 4.74 Å². The summed E-state index contributed by atoms with van der Waals surface area (Å²) in [4.78, 5) is 9.22. The van der Waals surface area contributed by atoms with E-state index in [-0.39, 0.29) is 5.56 Å². The van der Waals surface area contributed by atoms with Gasteiger partial charge in [0.05, 0.1) is 54.6 Å². The van der Waals surface area contributed by atoms with Crippen LogP contribution in [0.4, 0.5) is 24.5 Å². The zero-order valence-electron chi connectivity index (χ0n) is 18.2. The summed E-state index contributed by atoms with van der Waals surface area (Å²) in [5, 5.41) is 12.1. The van der Waals surface area contributed by atoms with Crippen molar-refractivity contribution in [1.82, 2.24) is 20.1 Å². The van der Waals surface area contributed by atoms with Crippen molar-refractivity contribution in [2.45, 2.75) is 25.4 Å². The van der Waals surface area contributed by atoms with Gasteiger partial charge in [-0.05, 0) is 13.0 Å². The molecule has 0 radical (unpaired) electrons. The standard InChI is InChI=1S/C23H25F3N6O/c1-14(17-3-2-4-18(21(17)24)22(25)26)29-20-11-28-30-23-19(20)9-15(10-27-23)32-6-5-31-7-8-33-13-16(31)12-32/h2-4,9-11,14,16,22H,5-8,12-13H2,1H3,(H,27,29,30)/t14-,16+/m1/s1. The zero-order valence-corrected chi connectivity index (χ0v) is 18.2. The summed E-state index contributed by atoms with van der Waals surface area (Å²) in [6, 6.07) is 5.83. The van der Waals surface area contributed by atoms with Gasteiger partial charge in [-0.2, -0.15) is 5.10 Å². The molecule has 2 fully saturated rings. The van der Waals surface area contributed by atoms with Crippen LogP contribution in [0.1, 0.15) is 30.5 Å². The van der Waals surface area contributed by atoms with Gasteiger partial charge in [-0.15, -0.1) is 5.10 Å². The molecule has 0 aliphatic carbocycles. The molecule has 2 saturated heterocycles. The number of pyridine rings is 1. The van der Waals surface area contributed by atoms with Crippen molar-refractivity contribution >= 4 is 22.4 Å². The van der Waals surface area contributed by atoms with Crippen LogP contribution < -0.4 is 10.2 Å². The molecule has 4 heterocycles. The second kappa shape index (κ2) is 9.11. The summed E-state index contributed by atoms with van der Waals surface area (Å²) in [5.74, 6) is -0.898. The number of aromatic nitrogens is 3. The predicted molar refractivity (Wildman–Crippen MR) is 119 cm³/mol. The maximum absolute atomic E-state index is 14.7. The van der Waals surface area contributed by atoms with Crippen LogP contribution in [0, 0.1) is 5.82 Å². The maximum Gasteiger partial charge on any atom is 0.266 e. The second-order valence-electron chi connectivity index (χ2n) is 8.45. The molecule has 7 nitrogen and oxygen atoms in total. The fourth-order valence-corrected chi connectivity index (χ4v) is 4.59. The minimum absolute atomic E-state index is 0.162. The summed E-state index contributed by atoms with van der Waals surface area (Å²) in [6.07, 6.45) is 0.462. The molecule has 1 N–H and O–H groups in total. The number of halogens is 3. The molecule has 2 aliphatic heterocycles. The molecule has 0 bridgehead atoms. The first kappa shape index (κ1) is 21.8. The van der Waals surface area contributed by atoms with E-state index in [2.05, 4.69) is 30.3 Å². The van der Waals surface area contributed by atoms with Crippen LogP contribution in [-0.4, -0.2) is 65.5 Å². The molecule has 0 amide bonds. The molecule has 2 aliphatic rings. The molecule has 33 heavy (non-hydrogen) atoms. The predicted octanol–water partition coefficient (Wildman–Crippen LogP) is 3.80. The van der Waals surface area contributed by atoms with E-state index in [0.717, 1.165) is 56.5 Å². The average molecular weight is 458 g/mol. The summed E-state index contributed by atoms with van der Waals surface area (Å²) < 4.78 is 46.6. The minimum atomic E-state index is -2.87. The summed E-state index contributed by atoms with van der Waals surface area (Å²) >= 11 is 0. The number of fused-ring (bicyclic) bond motifs is 2. The summed E-state index contributed by atoms with van der Waals surface area (Å²) in [5.41, 5.74) is 1.59. The van der Waals surface area contributed by atoms with E-state index in [1.165, 1.54) is 12.1 Å². The Morgan fingerprint density at radius 2 is 2.00 bits per heavy atom. The highest BCUT2D eigenvalue weighted by Gasteiger charge is 2.30. The Morgan fingerprint density at radius 1 is 1.15 bits per heavy atom. The van der Waals surface area contributed by atoms with Crippen LogP contribution in [0.25, 0.3) is 11.0 Å². The van der Waals surface area contributed by atoms with Crippen molar-refractivity contribution in [2.24, 2.45) is 0 Å². The quantitative estimate of drug-likeness (QED) is 0.624. The lowest BCUT2D eigenvalue weighted by Gasteiger charge is -2.44. The molecular formula is C23H25F3N6O. The maximum atomic E-state index is 14.7. The smallest absolute Gasteiger partial charge is 0.266 e. The number of nitrogens with one attached hydrogen (secondary N) is 1. The highest BCUT2D eigenvalue weighted by Crippen LogP contribution is 2.31. The highest BCUT2D eigenvalue weighted by atomic mass is 19.3. The fourth-order valence-electron chi connectivity index (χ4n) is 4.59. The molecule has 1 aromatic carbocycles. The van der Waals surface area contributed by atoms with Gasteiger partial charge >= 0.3 is 0 Å². The number of hydrogen-bond acceptors (Lipinski definition) is 7. The number of hydrogen-bond donors (Lipinski definition) is 1. The van der Waals surface area contributed by atoms with Gasteiger partial charge in [-0.25, -0.2) is 18.2 Å². The van der Waals surface area contributed by atoms with Crippen molar-refractivity contribution in [2.75, 3.05) is 49.6 Å². The van der Waals surface area contributed by atoms with Crippen LogP contribution in [0.5, 0.6) is 0 Å². The Balaban J connectivity index is 1.42. The van der Waals surface area contributed by atoms with E-state index >= 15 is 0 Å². The third-order valence-corrected chi connectivity index (χ3v) is 6.42. The molecule has 0 spiro atoms. The molecule has 10 heteroatoms. The molecule has 5 rings (SSSR count). The number of benzene rings is 1. The largest absolute Gasteiger partial charge is 0.378 e. The number of rotatable bonds is 5. The fraction of sp³-hybridized carbons (Fsp3) is 0.435. The first-order chi connectivity index (χ1) is 16.0. The number of piperazine rings is 1. The molecule has 2 aromatic heterocycles. The monoisotopic (exact) mass is 458 g/mol. The summed E-state index contributed by atoms with van der Waals surface area (Å²) in [7, 11) is 0. The topological polar surface area (TPSA) is 66.4 Å². The van der Waals surface area contributed by atoms with Crippen molar-refractivity contribution < 1.29 is 17.9 Å². The third kappa shape index (κ3) is 4.32. The first-order valence-corrected chi connectivity index (χ1v) is 11.0. The number of morpholine rings is 1. The van der Waals surface area contributed by atoms with Crippen LogP contribution in [0.3, 0.4) is 0 Å². The van der Waals surface area contributed by atoms with Gasteiger partial charge in [-0.3, -0.25) is 4.90 Å². The molecule has 0 saturated carbocycles.